The van der Waals surface area contributed by atoms with Gasteiger partial charge in [0.15, 0.2) is 0 Å². The average molecular weight is 227 g/mol. The Kier molecular flexibility index (Phi) is 4.22. The third kappa shape index (κ3) is 2.58. The van der Waals surface area contributed by atoms with E-state index in [0.717, 1.165) is 38.7 Å². The average Bonchev–Trinajstić information content (AvgIpc) is 2.82. The highest BCUT2D eigenvalue weighted by Gasteiger charge is 2.38. The standard InChI is InChI=1S/C13H25NO2/c14-10-13(7-2-1-5-12(13)15)8-6-11-4-3-9-16-11/h11-12,15H,1-10,14H2. The van der Waals surface area contributed by atoms with E-state index >= 15 is 0 Å². The molecule has 0 aromatic carbocycles. The Morgan fingerprint density at radius 1 is 1.25 bits per heavy atom. The fourth-order valence-corrected chi connectivity index (χ4v) is 3.24. The van der Waals surface area contributed by atoms with Gasteiger partial charge in [0.05, 0.1) is 12.2 Å². The van der Waals surface area contributed by atoms with Gasteiger partial charge in [-0.25, -0.2) is 0 Å². The molecule has 3 atom stereocenters. The summed E-state index contributed by atoms with van der Waals surface area (Å²) in [5.41, 5.74) is 5.90. The molecule has 2 aliphatic rings. The lowest BCUT2D eigenvalue weighted by molar-refractivity contribution is -0.0221. The van der Waals surface area contributed by atoms with Crippen LogP contribution in [0.15, 0.2) is 0 Å². The topological polar surface area (TPSA) is 55.5 Å². The molecule has 3 unspecified atom stereocenters. The lowest BCUT2D eigenvalue weighted by Gasteiger charge is -2.41. The van der Waals surface area contributed by atoms with Crippen molar-refractivity contribution in [3.05, 3.63) is 0 Å². The van der Waals surface area contributed by atoms with Crippen molar-refractivity contribution in [3.63, 3.8) is 0 Å². The van der Waals surface area contributed by atoms with Gasteiger partial charge in [-0.3, -0.25) is 0 Å². The summed E-state index contributed by atoms with van der Waals surface area (Å²) >= 11 is 0. The van der Waals surface area contributed by atoms with Crippen molar-refractivity contribution in [2.45, 2.75) is 63.6 Å². The molecule has 3 nitrogen and oxygen atoms in total. The van der Waals surface area contributed by atoms with E-state index in [9.17, 15) is 5.11 Å². The van der Waals surface area contributed by atoms with Crippen LogP contribution in [0, 0.1) is 5.41 Å². The summed E-state index contributed by atoms with van der Waals surface area (Å²) < 4.78 is 5.65. The normalized spacial score (nSPS) is 40.1. The van der Waals surface area contributed by atoms with Crippen LogP contribution in [0.5, 0.6) is 0 Å². The molecule has 2 fully saturated rings. The minimum Gasteiger partial charge on any atom is -0.393 e. The monoisotopic (exact) mass is 227 g/mol. The van der Waals surface area contributed by atoms with Gasteiger partial charge in [0.25, 0.3) is 0 Å². The SMILES string of the molecule is NCC1(CCC2CCCO2)CCCCC1O. The highest BCUT2D eigenvalue weighted by molar-refractivity contribution is 4.91. The first-order valence-corrected chi connectivity index (χ1v) is 6.76. The van der Waals surface area contributed by atoms with Crippen molar-refractivity contribution in [1.82, 2.24) is 0 Å². The van der Waals surface area contributed by atoms with Crippen molar-refractivity contribution in [3.8, 4) is 0 Å². The Bertz CT molecular complexity index is 216. The van der Waals surface area contributed by atoms with E-state index in [1.54, 1.807) is 0 Å². The van der Waals surface area contributed by atoms with E-state index in [1.165, 1.54) is 19.3 Å². The second-order valence-electron chi connectivity index (χ2n) is 5.50. The van der Waals surface area contributed by atoms with Crippen molar-refractivity contribution >= 4 is 0 Å². The van der Waals surface area contributed by atoms with E-state index in [2.05, 4.69) is 0 Å². The zero-order valence-corrected chi connectivity index (χ0v) is 10.2. The summed E-state index contributed by atoms with van der Waals surface area (Å²) in [6.45, 7) is 1.55. The van der Waals surface area contributed by atoms with Gasteiger partial charge in [0.2, 0.25) is 0 Å². The summed E-state index contributed by atoms with van der Waals surface area (Å²) in [4.78, 5) is 0. The Balaban J connectivity index is 1.87. The van der Waals surface area contributed by atoms with E-state index in [4.69, 9.17) is 10.5 Å². The largest absolute Gasteiger partial charge is 0.393 e. The molecule has 1 saturated heterocycles. The second kappa shape index (κ2) is 5.48. The first kappa shape index (κ1) is 12.3. The Morgan fingerprint density at radius 3 is 2.75 bits per heavy atom. The van der Waals surface area contributed by atoms with Crippen LogP contribution in [-0.4, -0.2) is 30.5 Å². The van der Waals surface area contributed by atoms with E-state index in [-0.39, 0.29) is 11.5 Å². The minimum absolute atomic E-state index is 0.00972. The smallest absolute Gasteiger partial charge is 0.0608 e. The zero-order chi connectivity index (χ0) is 11.4. The first-order chi connectivity index (χ1) is 7.77. The van der Waals surface area contributed by atoms with Gasteiger partial charge in [-0.2, -0.15) is 0 Å². The van der Waals surface area contributed by atoms with Crippen LogP contribution in [-0.2, 0) is 4.74 Å². The molecule has 0 radical (unpaired) electrons. The van der Waals surface area contributed by atoms with Gasteiger partial charge in [0.1, 0.15) is 0 Å². The molecule has 0 bridgehead atoms. The molecule has 1 saturated carbocycles. The number of ether oxygens (including phenoxy) is 1. The van der Waals surface area contributed by atoms with Crippen LogP contribution in [0.2, 0.25) is 0 Å². The number of nitrogens with two attached hydrogens (primary N) is 1. The highest BCUT2D eigenvalue weighted by Crippen LogP contribution is 2.40. The molecule has 0 spiro atoms. The predicted octanol–water partition coefficient (Wildman–Crippen LogP) is 1.83. The second-order valence-corrected chi connectivity index (χ2v) is 5.50. The molecular weight excluding hydrogens is 202 g/mol. The number of aliphatic hydroxyl groups excluding tert-OH is 1. The van der Waals surface area contributed by atoms with Crippen LogP contribution in [0.4, 0.5) is 0 Å². The van der Waals surface area contributed by atoms with Crippen molar-refractivity contribution in [2.75, 3.05) is 13.2 Å². The third-order valence-corrected chi connectivity index (χ3v) is 4.50. The maximum atomic E-state index is 10.2. The summed E-state index contributed by atoms with van der Waals surface area (Å²) in [7, 11) is 0. The third-order valence-electron chi connectivity index (χ3n) is 4.50. The van der Waals surface area contributed by atoms with E-state index in [0.29, 0.717) is 12.6 Å². The number of hydrogen-bond acceptors (Lipinski definition) is 3. The molecule has 1 heterocycles. The van der Waals surface area contributed by atoms with Crippen molar-refractivity contribution < 1.29 is 9.84 Å². The van der Waals surface area contributed by atoms with Crippen LogP contribution in [0.1, 0.15) is 51.4 Å². The predicted molar refractivity (Wildman–Crippen MR) is 64.2 cm³/mol. The lowest BCUT2D eigenvalue weighted by Crippen LogP contribution is -2.44. The van der Waals surface area contributed by atoms with Crippen LogP contribution < -0.4 is 5.73 Å². The zero-order valence-electron chi connectivity index (χ0n) is 10.2. The first-order valence-electron chi connectivity index (χ1n) is 6.76. The summed E-state index contributed by atoms with van der Waals surface area (Å²) in [5, 5.41) is 10.2. The Morgan fingerprint density at radius 2 is 2.12 bits per heavy atom. The highest BCUT2D eigenvalue weighted by atomic mass is 16.5. The molecule has 3 heteroatoms. The van der Waals surface area contributed by atoms with Gasteiger partial charge in [-0.05, 0) is 38.5 Å². The van der Waals surface area contributed by atoms with Crippen molar-refractivity contribution in [2.24, 2.45) is 11.1 Å². The summed E-state index contributed by atoms with van der Waals surface area (Å²) in [6, 6.07) is 0. The van der Waals surface area contributed by atoms with Crippen molar-refractivity contribution in [1.29, 1.82) is 0 Å². The van der Waals surface area contributed by atoms with Gasteiger partial charge < -0.3 is 15.6 Å². The van der Waals surface area contributed by atoms with Gasteiger partial charge in [-0.15, -0.1) is 0 Å². The molecular formula is C13H25NO2. The molecule has 16 heavy (non-hydrogen) atoms. The summed E-state index contributed by atoms with van der Waals surface area (Å²) in [5.74, 6) is 0. The molecule has 2 rings (SSSR count). The van der Waals surface area contributed by atoms with Crippen LogP contribution in [0.3, 0.4) is 0 Å². The fourth-order valence-electron chi connectivity index (χ4n) is 3.24. The molecule has 0 amide bonds. The molecule has 1 aliphatic heterocycles. The molecule has 3 N–H and O–H groups in total. The molecule has 1 aliphatic carbocycles. The number of rotatable bonds is 4. The van der Waals surface area contributed by atoms with Crippen LogP contribution in [0.25, 0.3) is 0 Å². The number of aliphatic hydroxyl groups is 1. The molecule has 0 aromatic heterocycles. The Labute approximate surface area is 98.4 Å². The van der Waals surface area contributed by atoms with E-state index in [1.807, 2.05) is 0 Å². The summed E-state index contributed by atoms with van der Waals surface area (Å²) in [6.07, 6.45) is 9.15. The lowest BCUT2D eigenvalue weighted by atomic mass is 9.68. The Hall–Kier alpha value is -0.120. The minimum atomic E-state index is -0.187. The van der Waals surface area contributed by atoms with Gasteiger partial charge in [-0.1, -0.05) is 12.8 Å². The quantitative estimate of drug-likeness (QED) is 0.770. The van der Waals surface area contributed by atoms with Gasteiger partial charge in [0, 0.05) is 18.6 Å². The fraction of sp³-hybridized carbons (Fsp3) is 1.00. The van der Waals surface area contributed by atoms with Gasteiger partial charge >= 0.3 is 0 Å². The number of hydrogen-bond donors (Lipinski definition) is 2. The maximum absolute atomic E-state index is 10.2. The molecule has 94 valence electrons. The molecule has 0 aromatic rings. The van der Waals surface area contributed by atoms with E-state index < -0.39 is 0 Å². The van der Waals surface area contributed by atoms with Crippen LogP contribution >= 0.6 is 0 Å². The maximum Gasteiger partial charge on any atom is 0.0608 e.